The average Bonchev–Trinajstić information content (AvgIpc) is 2.50. The normalized spacial score (nSPS) is 9.65. The van der Waals surface area contributed by atoms with Crippen molar-refractivity contribution in [3.8, 4) is 5.75 Å². The van der Waals surface area contributed by atoms with Gasteiger partial charge in [0.05, 0.1) is 25.9 Å². The summed E-state index contributed by atoms with van der Waals surface area (Å²) in [6.07, 6.45) is 2.37. The van der Waals surface area contributed by atoms with E-state index in [0.717, 1.165) is 6.08 Å². The number of carbonyl (C=O) groups is 2. The fourth-order valence-electron chi connectivity index (χ4n) is 1.43. The van der Waals surface area contributed by atoms with Gasteiger partial charge in [-0.05, 0) is 31.0 Å². The van der Waals surface area contributed by atoms with E-state index in [1.54, 1.807) is 24.3 Å². The molecule has 0 fully saturated rings. The molecule has 0 unspecified atom stereocenters. The summed E-state index contributed by atoms with van der Waals surface area (Å²) in [5.41, 5.74) is 0.447. The Hall–Kier alpha value is -2.30. The number of hydrogen-bond donors (Lipinski definition) is 0. The third-order valence-electron chi connectivity index (χ3n) is 2.49. The molecule has 1 rings (SSSR count). The molecule has 0 saturated carbocycles. The number of esters is 2. The van der Waals surface area contributed by atoms with Gasteiger partial charge in [-0.15, -0.1) is 0 Å². The third-order valence-corrected chi connectivity index (χ3v) is 2.49. The van der Waals surface area contributed by atoms with Gasteiger partial charge in [-0.25, -0.2) is 9.59 Å². The van der Waals surface area contributed by atoms with Crippen molar-refractivity contribution in [1.82, 2.24) is 0 Å². The zero-order valence-corrected chi connectivity index (χ0v) is 11.5. The summed E-state index contributed by atoms with van der Waals surface area (Å²) in [4.78, 5) is 22.5. The molecule has 5 nitrogen and oxygen atoms in total. The molecule has 0 aromatic heterocycles. The number of unbranched alkanes of at least 4 members (excludes halogenated alkanes) is 1. The van der Waals surface area contributed by atoms with Crippen LogP contribution in [0.4, 0.5) is 0 Å². The molecule has 108 valence electrons. The van der Waals surface area contributed by atoms with E-state index < -0.39 is 11.9 Å². The van der Waals surface area contributed by atoms with E-state index in [0.29, 0.717) is 30.8 Å². The standard InChI is InChI=1S/C15H18O5/c1-3-14(16)19-9-4-5-10-20-15(17)12-7-6-8-13(11-12)18-2/h3,6-8,11H,1,4-5,9-10H2,2H3. The maximum atomic E-state index is 11.7. The quantitative estimate of drug-likeness (QED) is 0.415. The Bertz CT molecular complexity index is 467. The van der Waals surface area contributed by atoms with Crippen molar-refractivity contribution in [1.29, 1.82) is 0 Å². The van der Waals surface area contributed by atoms with E-state index in [2.05, 4.69) is 6.58 Å². The summed E-state index contributed by atoms with van der Waals surface area (Å²) in [5.74, 6) is -0.235. The first-order valence-electron chi connectivity index (χ1n) is 6.27. The molecule has 0 atom stereocenters. The fourth-order valence-corrected chi connectivity index (χ4v) is 1.43. The van der Waals surface area contributed by atoms with Gasteiger partial charge in [-0.2, -0.15) is 0 Å². The summed E-state index contributed by atoms with van der Waals surface area (Å²) in [5, 5.41) is 0. The number of benzene rings is 1. The second kappa shape index (κ2) is 8.74. The van der Waals surface area contributed by atoms with Gasteiger partial charge in [-0.1, -0.05) is 12.6 Å². The van der Waals surface area contributed by atoms with Crippen LogP contribution in [0.3, 0.4) is 0 Å². The molecule has 0 radical (unpaired) electrons. The minimum atomic E-state index is -0.446. The van der Waals surface area contributed by atoms with Crippen molar-refractivity contribution < 1.29 is 23.8 Å². The van der Waals surface area contributed by atoms with Crippen LogP contribution in [0.25, 0.3) is 0 Å². The van der Waals surface area contributed by atoms with Crippen molar-refractivity contribution in [2.75, 3.05) is 20.3 Å². The molecule has 1 aromatic carbocycles. The molecule has 0 N–H and O–H groups in total. The summed E-state index contributed by atoms with van der Waals surface area (Å²) in [6, 6.07) is 6.76. The van der Waals surface area contributed by atoms with Gasteiger partial charge in [0.2, 0.25) is 0 Å². The third kappa shape index (κ3) is 5.56. The maximum Gasteiger partial charge on any atom is 0.338 e. The van der Waals surface area contributed by atoms with Gasteiger partial charge in [0, 0.05) is 6.08 Å². The lowest BCUT2D eigenvalue weighted by Gasteiger charge is -2.06. The minimum Gasteiger partial charge on any atom is -0.497 e. The van der Waals surface area contributed by atoms with Crippen LogP contribution in [0.15, 0.2) is 36.9 Å². The average molecular weight is 278 g/mol. The van der Waals surface area contributed by atoms with Gasteiger partial charge < -0.3 is 14.2 Å². The number of hydrogen-bond acceptors (Lipinski definition) is 5. The lowest BCUT2D eigenvalue weighted by Crippen LogP contribution is -2.08. The molecule has 0 aliphatic rings. The van der Waals surface area contributed by atoms with E-state index in [1.807, 2.05) is 0 Å². The lowest BCUT2D eigenvalue weighted by atomic mass is 10.2. The maximum absolute atomic E-state index is 11.7. The lowest BCUT2D eigenvalue weighted by molar-refractivity contribution is -0.137. The van der Waals surface area contributed by atoms with Crippen LogP contribution in [0.2, 0.25) is 0 Å². The number of rotatable bonds is 8. The molecule has 5 heteroatoms. The summed E-state index contributed by atoms with van der Waals surface area (Å²) >= 11 is 0. The first-order valence-corrected chi connectivity index (χ1v) is 6.27. The zero-order valence-electron chi connectivity index (χ0n) is 11.5. The Morgan fingerprint density at radius 3 is 2.55 bits per heavy atom. The molecule has 20 heavy (non-hydrogen) atoms. The molecule has 0 aliphatic carbocycles. The highest BCUT2D eigenvalue weighted by molar-refractivity contribution is 5.89. The van der Waals surface area contributed by atoms with Crippen molar-refractivity contribution in [3.05, 3.63) is 42.5 Å². The van der Waals surface area contributed by atoms with E-state index >= 15 is 0 Å². The zero-order chi connectivity index (χ0) is 14.8. The SMILES string of the molecule is C=CC(=O)OCCCCOC(=O)c1cccc(OC)c1. The monoisotopic (exact) mass is 278 g/mol. The van der Waals surface area contributed by atoms with Gasteiger partial charge in [0.15, 0.2) is 0 Å². The van der Waals surface area contributed by atoms with Crippen LogP contribution in [-0.4, -0.2) is 32.3 Å². The smallest absolute Gasteiger partial charge is 0.338 e. The van der Waals surface area contributed by atoms with Crippen molar-refractivity contribution in [2.24, 2.45) is 0 Å². The Morgan fingerprint density at radius 1 is 1.20 bits per heavy atom. The van der Waals surface area contributed by atoms with Crippen molar-refractivity contribution in [3.63, 3.8) is 0 Å². The predicted octanol–water partition coefficient (Wildman–Crippen LogP) is 2.36. The van der Waals surface area contributed by atoms with Gasteiger partial charge >= 0.3 is 11.9 Å². The largest absolute Gasteiger partial charge is 0.497 e. The Balaban J connectivity index is 2.23. The van der Waals surface area contributed by atoms with E-state index in [9.17, 15) is 9.59 Å². The summed E-state index contributed by atoms with van der Waals surface area (Å²) in [7, 11) is 1.54. The van der Waals surface area contributed by atoms with E-state index in [-0.39, 0.29) is 6.61 Å². The van der Waals surface area contributed by atoms with Gasteiger partial charge in [-0.3, -0.25) is 0 Å². The number of methoxy groups -OCH3 is 1. The van der Waals surface area contributed by atoms with Crippen LogP contribution in [0, 0.1) is 0 Å². The second-order valence-electron chi connectivity index (χ2n) is 3.95. The number of ether oxygens (including phenoxy) is 3. The molecule has 0 heterocycles. The van der Waals surface area contributed by atoms with E-state index in [4.69, 9.17) is 14.2 Å². The Kier molecular flexibility index (Phi) is 6.89. The highest BCUT2D eigenvalue weighted by Crippen LogP contribution is 2.13. The highest BCUT2D eigenvalue weighted by atomic mass is 16.5. The van der Waals surface area contributed by atoms with Gasteiger partial charge in [0.25, 0.3) is 0 Å². The Morgan fingerprint density at radius 2 is 1.90 bits per heavy atom. The summed E-state index contributed by atoms with van der Waals surface area (Å²) in [6.45, 7) is 3.87. The molecule has 0 amide bonds. The first kappa shape index (κ1) is 15.8. The molecule has 0 saturated heterocycles. The van der Waals surface area contributed by atoms with Crippen LogP contribution in [-0.2, 0) is 14.3 Å². The summed E-state index contributed by atoms with van der Waals surface area (Å²) < 4.78 is 14.9. The second-order valence-corrected chi connectivity index (χ2v) is 3.95. The molecule has 1 aromatic rings. The Labute approximate surface area is 118 Å². The molecule has 0 bridgehead atoms. The fraction of sp³-hybridized carbons (Fsp3) is 0.333. The van der Waals surface area contributed by atoms with Crippen molar-refractivity contribution >= 4 is 11.9 Å². The van der Waals surface area contributed by atoms with E-state index in [1.165, 1.54) is 7.11 Å². The van der Waals surface area contributed by atoms with Crippen LogP contribution < -0.4 is 4.74 Å². The minimum absolute atomic E-state index is 0.279. The predicted molar refractivity (Wildman–Crippen MR) is 73.7 cm³/mol. The van der Waals surface area contributed by atoms with Crippen LogP contribution >= 0.6 is 0 Å². The molecular formula is C15H18O5. The topological polar surface area (TPSA) is 61.8 Å². The van der Waals surface area contributed by atoms with Gasteiger partial charge in [0.1, 0.15) is 5.75 Å². The van der Waals surface area contributed by atoms with Crippen molar-refractivity contribution in [2.45, 2.75) is 12.8 Å². The van der Waals surface area contributed by atoms with Crippen LogP contribution in [0.1, 0.15) is 23.2 Å². The number of carbonyl (C=O) groups excluding carboxylic acids is 2. The van der Waals surface area contributed by atoms with Crippen LogP contribution in [0.5, 0.6) is 5.75 Å². The first-order chi connectivity index (χ1) is 9.67. The molecule has 0 aliphatic heterocycles. The highest BCUT2D eigenvalue weighted by Gasteiger charge is 2.07. The molecular weight excluding hydrogens is 260 g/mol. The molecule has 0 spiro atoms.